The molecule has 0 aliphatic rings. The first kappa shape index (κ1) is 17.1. The number of hydrogen-bond acceptors (Lipinski definition) is 2. The van der Waals surface area contributed by atoms with Gasteiger partial charge in [-0.05, 0) is 31.5 Å². The fraction of sp³-hybridized carbons (Fsp3) is 0.400. The Hall–Kier alpha value is -2.00. The van der Waals surface area contributed by atoms with Gasteiger partial charge >= 0.3 is 6.18 Å². The van der Waals surface area contributed by atoms with Gasteiger partial charge in [-0.1, -0.05) is 17.9 Å². The van der Waals surface area contributed by atoms with Crippen LogP contribution in [-0.4, -0.2) is 41.8 Å². The second-order valence-corrected chi connectivity index (χ2v) is 4.42. The van der Waals surface area contributed by atoms with Crippen molar-refractivity contribution < 1.29 is 23.1 Å². The molecule has 114 valence electrons. The predicted octanol–water partition coefficient (Wildman–Crippen LogP) is 2.36. The van der Waals surface area contributed by atoms with Gasteiger partial charge in [-0.25, -0.2) is 0 Å². The number of rotatable bonds is 3. The first-order valence-corrected chi connectivity index (χ1v) is 6.35. The summed E-state index contributed by atoms with van der Waals surface area (Å²) in [5, 5.41) is 8.68. The maximum Gasteiger partial charge on any atom is 0.406 e. The van der Waals surface area contributed by atoms with Gasteiger partial charge in [0.15, 0.2) is 0 Å². The number of hydrogen-bond donors (Lipinski definition) is 1. The lowest BCUT2D eigenvalue weighted by atomic mass is 10.0. The molecule has 1 aromatic carbocycles. The molecule has 3 nitrogen and oxygen atoms in total. The highest BCUT2D eigenvalue weighted by molar-refractivity contribution is 5.94. The molecule has 0 aromatic heterocycles. The lowest BCUT2D eigenvalue weighted by Crippen LogP contribution is -2.38. The number of benzene rings is 1. The predicted molar refractivity (Wildman–Crippen MR) is 72.8 cm³/mol. The molecule has 0 radical (unpaired) electrons. The summed E-state index contributed by atoms with van der Waals surface area (Å²) in [5.74, 6) is 4.43. The smallest absolute Gasteiger partial charge is 0.384 e. The molecule has 0 unspecified atom stereocenters. The number of aryl methyl sites for hydroxylation is 1. The van der Waals surface area contributed by atoms with Crippen LogP contribution in [0.5, 0.6) is 0 Å². The Labute approximate surface area is 121 Å². The number of halogens is 3. The van der Waals surface area contributed by atoms with Crippen molar-refractivity contribution in [3.05, 3.63) is 34.9 Å². The van der Waals surface area contributed by atoms with E-state index in [4.69, 9.17) is 5.11 Å². The van der Waals surface area contributed by atoms with Crippen molar-refractivity contribution in [2.45, 2.75) is 20.0 Å². The Morgan fingerprint density at radius 2 is 2.05 bits per heavy atom. The molecule has 0 atom stereocenters. The summed E-state index contributed by atoms with van der Waals surface area (Å²) in [6.07, 6.45) is -4.43. The van der Waals surface area contributed by atoms with Gasteiger partial charge in [0.05, 0.1) is 0 Å². The molecule has 1 aromatic rings. The van der Waals surface area contributed by atoms with Gasteiger partial charge in [0.1, 0.15) is 13.2 Å². The SMILES string of the molecule is CCN(CC(F)(F)F)C(=O)c1ccc(C)c(C#CCO)c1. The highest BCUT2D eigenvalue weighted by Gasteiger charge is 2.32. The monoisotopic (exact) mass is 299 g/mol. The van der Waals surface area contributed by atoms with Crippen LogP contribution in [0, 0.1) is 18.8 Å². The zero-order valence-electron chi connectivity index (χ0n) is 11.8. The number of amides is 1. The van der Waals surface area contributed by atoms with E-state index in [0.717, 1.165) is 10.5 Å². The highest BCUT2D eigenvalue weighted by atomic mass is 19.4. The Balaban J connectivity index is 3.06. The van der Waals surface area contributed by atoms with E-state index in [0.29, 0.717) is 5.56 Å². The van der Waals surface area contributed by atoms with E-state index >= 15 is 0 Å². The molecule has 0 fully saturated rings. The summed E-state index contributed by atoms with van der Waals surface area (Å²) < 4.78 is 37.3. The van der Waals surface area contributed by atoms with Crippen LogP contribution >= 0.6 is 0 Å². The van der Waals surface area contributed by atoms with E-state index in [1.807, 2.05) is 0 Å². The third kappa shape index (κ3) is 5.12. The Morgan fingerprint density at radius 3 is 2.57 bits per heavy atom. The van der Waals surface area contributed by atoms with Gasteiger partial charge < -0.3 is 10.0 Å². The lowest BCUT2D eigenvalue weighted by Gasteiger charge is -2.22. The highest BCUT2D eigenvalue weighted by Crippen LogP contribution is 2.19. The molecule has 0 bridgehead atoms. The van der Waals surface area contributed by atoms with Crippen molar-refractivity contribution in [3.63, 3.8) is 0 Å². The van der Waals surface area contributed by atoms with Crippen LogP contribution in [0.25, 0.3) is 0 Å². The van der Waals surface area contributed by atoms with Gasteiger partial charge in [-0.15, -0.1) is 0 Å². The molecule has 0 saturated heterocycles. The van der Waals surface area contributed by atoms with Crippen molar-refractivity contribution in [1.29, 1.82) is 0 Å². The van der Waals surface area contributed by atoms with Crippen molar-refractivity contribution >= 4 is 5.91 Å². The van der Waals surface area contributed by atoms with Gasteiger partial charge in [0, 0.05) is 17.7 Å². The van der Waals surface area contributed by atoms with Gasteiger partial charge in [-0.2, -0.15) is 13.2 Å². The number of aliphatic hydroxyl groups excluding tert-OH is 1. The minimum absolute atomic E-state index is 0.0378. The number of carbonyl (C=O) groups excluding carboxylic acids is 1. The molecular weight excluding hydrogens is 283 g/mol. The number of carbonyl (C=O) groups is 1. The molecule has 21 heavy (non-hydrogen) atoms. The largest absolute Gasteiger partial charge is 0.406 e. The third-order valence-electron chi connectivity index (χ3n) is 2.83. The lowest BCUT2D eigenvalue weighted by molar-refractivity contribution is -0.140. The quantitative estimate of drug-likeness (QED) is 0.871. The van der Waals surface area contributed by atoms with Gasteiger partial charge in [-0.3, -0.25) is 4.79 Å². The molecule has 6 heteroatoms. The Bertz CT molecular complexity index is 571. The van der Waals surface area contributed by atoms with Gasteiger partial charge in [0.2, 0.25) is 0 Å². The molecule has 0 heterocycles. The average Bonchev–Trinajstić information content (AvgIpc) is 2.42. The first-order valence-electron chi connectivity index (χ1n) is 6.35. The van der Waals surface area contributed by atoms with Crippen LogP contribution in [0.3, 0.4) is 0 Å². The summed E-state index contributed by atoms with van der Waals surface area (Å²) in [6.45, 7) is 1.61. The zero-order valence-corrected chi connectivity index (χ0v) is 11.8. The summed E-state index contributed by atoms with van der Waals surface area (Å²) in [7, 11) is 0. The summed E-state index contributed by atoms with van der Waals surface area (Å²) >= 11 is 0. The van der Waals surface area contributed by atoms with Crippen LogP contribution in [0.2, 0.25) is 0 Å². The van der Waals surface area contributed by atoms with Crippen LogP contribution in [-0.2, 0) is 0 Å². The van der Waals surface area contributed by atoms with Crippen LogP contribution in [0.4, 0.5) is 13.2 Å². The van der Waals surface area contributed by atoms with Crippen molar-refractivity contribution in [3.8, 4) is 11.8 Å². The zero-order chi connectivity index (χ0) is 16.0. The normalized spacial score (nSPS) is 10.8. The van der Waals surface area contributed by atoms with Crippen molar-refractivity contribution in [2.75, 3.05) is 19.7 Å². The van der Waals surface area contributed by atoms with Crippen molar-refractivity contribution in [1.82, 2.24) is 4.90 Å². The van der Waals surface area contributed by atoms with E-state index in [1.165, 1.54) is 19.1 Å². The van der Waals surface area contributed by atoms with Crippen LogP contribution in [0.15, 0.2) is 18.2 Å². The number of aliphatic hydroxyl groups is 1. The van der Waals surface area contributed by atoms with Crippen LogP contribution in [0.1, 0.15) is 28.4 Å². The fourth-order valence-corrected chi connectivity index (χ4v) is 1.75. The van der Waals surface area contributed by atoms with E-state index < -0.39 is 18.6 Å². The second-order valence-electron chi connectivity index (χ2n) is 4.42. The maximum atomic E-state index is 12.4. The molecule has 1 rings (SSSR count). The second kappa shape index (κ2) is 7.14. The molecule has 0 aliphatic heterocycles. The fourth-order valence-electron chi connectivity index (χ4n) is 1.75. The first-order chi connectivity index (χ1) is 9.78. The van der Waals surface area contributed by atoms with E-state index in [2.05, 4.69) is 11.8 Å². The molecule has 1 N–H and O–H groups in total. The molecule has 0 aliphatic carbocycles. The minimum atomic E-state index is -4.43. The summed E-state index contributed by atoms with van der Waals surface area (Å²) in [4.78, 5) is 12.8. The maximum absolute atomic E-state index is 12.4. The average molecular weight is 299 g/mol. The van der Waals surface area contributed by atoms with E-state index in [9.17, 15) is 18.0 Å². The Kier molecular flexibility index (Phi) is 5.79. The Morgan fingerprint density at radius 1 is 1.38 bits per heavy atom. The molecule has 0 saturated carbocycles. The molecule has 1 amide bonds. The van der Waals surface area contributed by atoms with Crippen LogP contribution < -0.4 is 0 Å². The topological polar surface area (TPSA) is 40.5 Å². The third-order valence-corrected chi connectivity index (χ3v) is 2.83. The van der Waals surface area contributed by atoms with Crippen molar-refractivity contribution in [2.24, 2.45) is 0 Å². The molecular formula is C15H16F3NO2. The molecule has 0 spiro atoms. The summed E-state index contributed by atoms with van der Waals surface area (Å²) in [5.41, 5.74) is 1.44. The van der Waals surface area contributed by atoms with E-state index in [-0.39, 0.29) is 18.7 Å². The van der Waals surface area contributed by atoms with Gasteiger partial charge in [0.25, 0.3) is 5.91 Å². The summed E-state index contributed by atoms with van der Waals surface area (Å²) in [6, 6.07) is 4.54. The van der Waals surface area contributed by atoms with E-state index in [1.54, 1.807) is 13.0 Å². The number of alkyl halides is 3. The number of nitrogens with zero attached hydrogens (tertiary/aromatic N) is 1. The standard InChI is InChI=1S/C15H16F3NO2/c1-3-19(10-15(16,17)18)14(21)13-7-6-11(2)12(9-13)5-4-8-20/h6-7,9,20H,3,8,10H2,1-2H3. The minimum Gasteiger partial charge on any atom is -0.384 e.